The Morgan fingerprint density at radius 3 is 2.55 bits per heavy atom. The fourth-order valence-electron chi connectivity index (χ4n) is 2.22. The van der Waals surface area contributed by atoms with Crippen molar-refractivity contribution < 1.29 is 19.5 Å². The third-order valence-electron chi connectivity index (χ3n) is 3.37. The first-order chi connectivity index (χ1) is 9.31. The molecule has 1 rings (SSSR count). The molecule has 2 unspecified atom stereocenters. The maximum absolute atomic E-state index is 12.1. The molecule has 2 atom stereocenters. The number of aliphatic carboxylic acids is 1. The lowest BCUT2D eigenvalue weighted by atomic mass is 10.1. The SMILES string of the molecule is CC1CN(C)CCN1C(=O)NC(CCC(N)=O)C(=O)O. The van der Waals surface area contributed by atoms with Gasteiger partial charge in [0.1, 0.15) is 6.04 Å². The van der Waals surface area contributed by atoms with Crippen LogP contribution in [0.3, 0.4) is 0 Å². The number of hydrogen-bond donors (Lipinski definition) is 3. The molecule has 1 fully saturated rings. The number of carbonyl (C=O) groups excluding carboxylic acids is 2. The number of nitrogens with zero attached hydrogens (tertiary/aromatic N) is 2. The summed E-state index contributed by atoms with van der Waals surface area (Å²) in [5, 5.41) is 11.5. The highest BCUT2D eigenvalue weighted by Gasteiger charge is 2.29. The normalized spacial score (nSPS) is 21.3. The Kier molecular flexibility index (Phi) is 5.75. The molecule has 0 bridgehead atoms. The Labute approximate surface area is 117 Å². The van der Waals surface area contributed by atoms with Crippen LogP contribution in [-0.4, -0.2) is 71.6 Å². The largest absolute Gasteiger partial charge is 0.480 e. The zero-order valence-electron chi connectivity index (χ0n) is 11.8. The summed E-state index contributed by atoms with van der Waals surface area (Å²) in [6.45, 7) is 3.95. The van der Waals surface area contributed by atoms with Crippen LogP contribution in [0.1, 0.15) is 19.8 Å². The van der Waals surface area contributed by atoms with Crippen molar-refractivity contribution >= 4 is 17.9 Å². The molecule has 0 saturated carbocycles. The van der Waals surface area contributed by atoms with Crippen LogP contribution in [-0.2, 0) is 9.59 Å². The summed E-state index contributed by atoms with van der Waals surface area (Å²) >= 11 is 0. The number of urea groups is 1. The van der Waals surface area contributed by atoms with Gasteiger partial charge in [0.15, 0.2) is 0 Å². The molecule has 1 aliphatic heterocycles. The molecular weight excluding hydrogens is 264 g/mol. The highest BCUT2D eigenvalue weighted by atomic mass is 16.4. The van der Waals surface area contributed by atoms with Gasteiger partial charge >= 0.3 is 12.0 Å². The average Bonchev–Trinajstić information content (AvgIpc) is 2.33. The lowest BCUT2D eigenvalue weighted by Gasteiger charge is -2.38. The maximum Gasteiger partial charge on any atom is 0.326 e. The minimum atomic E-state index is -1.17. The van der Waals surface area contributed by atoms with Gasteiger partial charge in [0.05, 0.1) is 0 Å². The molecule has 0 radical (unpaired) electrons. The minimum Gasteiger partial charge on any atom is -0.480 e. The Balaban J connectivity index is 2.57. The highest BCUT2D eigenvalue weighted by molar-refractivity contribution is 5.83. The van der Waals surface area contributed by atoms with Gasteiger partial charge in [-0.2, -0.15) is 0 Å². The maximum atomic E-state index is 12.1. The summed E-state index contributed by atoms with van der Waals surface area (Å²) in [4.78, 5) is 37.6. The number of rotatable bonds is 5. The standard InChI is InChI=1S/C12H22N4O4/c1-8-7-15(2)5-6-16(8)12(20)14-9(11(18)19)3-4-10(13)17/h8-9H,3-7H2,1-2H3,(H2,13,17)(H,14,20)(H,18,19). The van der Waals surface area contributed by atoms with E-state index in [0.717, 1.165) is 13.1 Å². The summed E-state index contributed by atoms with van der Waals surface area (Å²) in [5.74, 6) is -1.75. The Bertz CT molecular complexity index is 388. The van der Waals surface area contributed by atoms with Gasteiger partial charge < -0.3 is 26.0 Å². The van der Waals surface area contributed by atoms with E-state index >= 15 is 0 Å². The molecule has 0 aromatic rings. The molecule has 114 valence electrons. The van der Waals surface area contributed by atoms with E-state index in [1.165, 1.54) is 0 Å². The summed E-state index contributed by atoms with van der Waals surface area (Å²) in [6, 6.07) is -1.50. The van der Waals surface area contributed by atoms with E-state index in [0.29, 0.717) is 6.54 Å². The van der Waals surface area contributed by atoms with Crippen molar-refractivity contribution in [3.63, 3.8) is 0 Å². The number of carboxylic acids is 1. The van der Waals surface area contributed by atoms with Crippen LogP contribution in [0.2, 0.25) is 0 Å². The van der Waals surface area contributed by atoms with Gasteiger partial charge in [-0.25, -0.2) is 9.59 Å². The molecule has 1 aliphatic rings. The van der Waals surface area contributed by atoms with Crippen molar-refractivity contribution in [2.45, 2.75) is 31.8 Å². The number of carbonyl (C=O) groups is 3. The molecule has 3 amide bonds. The molecule has 0 aromatic heterocycles. The molecule has 4 N–H and O–H groups in total. The van der Waals surface area contributed by atoms with Crippen LogP contribution in [0.25, 0.3) is 0 Å². The number of piperazine rings is 1. The predicted molar refractivity (Wildman–Crippen MR) is 72.0 cm³/mol. The fourth-order valence-corrected chi connectivity index (χ4v) is 2.22. The van der Waals surface area contributed by atoms with Crippen LogP contribution in [0.15, 0.2) is 0 Å². The molecule has 8 nitrogen and oxygen atoms in total. The molecule has 20 heavy (non-hydrogen) atoms. The molecule has 1 heterocycles. The topological polar surface area (TPSA) is 116 Å². The summed E-state index contributed by atoms with van der Waals surface area (Å²) < 4.78 is 0. The van der Waals surface area contributed by atoms with Crippen molar-refractivity contribution in [1.82, 2.24) is 15.1 Å². The van der Waals surface area contributed by atoms with Crippen molar-refractivity contribution in [1.29, 1.82) is 0 Å². The lowest BCUT2D eigenvalue weighted by molar-refractivity contribution is -0.139. The van der Waals surface area contributed by atoms with Gasteiger partial charge in [-0.15, -0.1) is 0 Å². The molecule has 1 saturated heterocycles. The van der Waals surface area contributed by atoms with Gasteiger partial charge in [0.2, 0.25) is 5.91 Å². The van der Waals surface area contributed by atoms with Gasteiger partial charge in [-0.05, 0) is 20.4 Å². The zero-order valence-corrected chi connectivity index (χ0v) is 11.8. The highest BCUT2D eigenvalue weighted by Crippen LogP contribution is 2.09. The number of primary amides is 1. The smallest absolute Gasteiger partial charge is 0.326 e. The molecule has 0 aliphatic carbocycles. The second-order valence-electron chi connectivity index (χ2n) is 5.15. The van der Waals surface area contributed by atoms with E-state index in [-0.39, 0.29) is 18.9 Å². The molecule has 0 aromatic carbocycles. The first-order valence-electron chi connectivity index (χ1n) is 6.58. The van der Waals surface area contributed by atoms with Crippen LogP contribution < -0.4 is 11.1 Å². The van der Waals surface area contributed by atoms with E-state index in [4.69, 9.17) is 10.8 Å². The van der Waals surface area contributed by atoms with E-state index < -0.39 is 23.9 Å². The zero-order chi connectivity index (χ0) is 15.3. The Hall–Kier alpha value is -1.83. The van der Waals surface area contributed by atoms with Gasteiger partial charge in [0, 0.05) is 32.1 Å². The summed E-state index contributed by atoms with van der Waals surface area (Å²) in [7, 11) is 1.97. The summed E-state index contributed by atoms with van der Waals surface area (Å²) in [5.41, 5.74) is 4.99. The Morgan fingerprint density at radius 2 is 2.05 bits per heavy atom. The van der Waals surface area contributed by atoms with E-state index in [2.05, 4.69) is 10.2 Å². The quantitative estimate of drug-likeness (QED) is 0.602. The number of nitrogens with two attached hydrogens (primary N) is 1. The second-order valence-corrected chi connectivity index (χ2v) is 5.15. The molecule has 0 spiro atoms. The van der Waals surface area contributed by atoms with Crippen molar-refractivity contribution in [2.75, 3.05) is 26.7 Å². The van der Waals surface area contributed by atoms with Crippen molar-refractivity contribution in [3.8, 4) is 0 Å². The van der Waals surface area contributed by atoms with Crippen LogP contribution in [0.5, 0.6) is 0 Å². The number of nitrogens with one attached hydrogen (secondary N) is 1. The average molecular weight is 286 g/mol. The number of amides is 3. The Morgan fingerprint density at radius 1 is 1.40 bits per heavy atom. The van der Waals surface area contributed by atoms with Crippen LogP contribution >= 0.6 is 0 Å². The van der Waals surface area contributed by atoms with E-state index in [9.17, 15) is 14.4 Å². The van der Waals surface area contributed by atoms with Gasteiger partial charge in [0.25, 0.3) is 0 Å². The third kappa shape index (κ3) is 4.69. The van der Waals surface area contributed by atoms with Gasteiger partial charge in [-0.1, -0.05) is 0 Å². The number of likely N-dealkylation sites (N-methyl/N-ethyl adjacent to an activating group) is 1. The first kappa shape index (κ1) is 16.2. The van der Waals surface area contributed by atoms with Crippen molar-refractivity contribution in [2.24, 2.45) is 5.73 Å². The van der Waals surface area contributed by atoms with Gasteiger partial charge in [-0.3, -0.25) is 4.79 Å². The number of hydrogen-bond acceptors (Lipinski definition) is 4. The van der Waals surface area contributed by atoms with Crippen molar-refractivity contribution in [3.05, 3.63) is 0 Å². The second kappa shape index (κ2) is 7.09. The lowest BCUT2D eigenvalue weighted by Crippen LogP contribution is -2.57. The fraction of sp³-hybridized carbons (Fsp3) is 0.750. The molecule has 8 heteroatoms. The van der Waals surface area contributed by atoms with Crippen LogP contribution in [0, 0.1) is 0 Å². The number of carboxylic acid groups (broad SMARTS) is 1. The predicted octanol–water partition coefficient (Wildman–Crippen LogP) is -0.949. The minimum absolute atomic E-state index is 0.00146. The van der Waals surface area contributed by atoms with E-state index in [1.54, 1.807) is 4.90 Å². The monoisotopic (exact) mass is 286 g/mol. The summed E-state index contributed by atoms with van der Waals surface area (Å²) in [6.07, 6.45) is -0.0753. The van der Waals surface area contributed by atoms with E-state index in [1.807, 2.05) is 14.0 Å². The van der Waals surface area contributed by atoms with Crippen LogP contribution in [0.4, 0.5) is 4.79 Å². The molecular formula is C12H22N4O4. The third-order valence-corrected chi connectivity index (χ3v) is 3.37. The first-order valence-corrected chi connectivity index (χ1v) is 6.58.